The molecule has 6 nitrogen and oxygen atoms in total. The molecular formula is C23H30N2O4. The van der Waals surface area contributed by atoms with Gasteiger partial charge in [0, 0.05) is 6.54 Å². The number of imide groups is 1. The van der Waals surface area contributed by atoms with Gasteiger partial charge < -0.3 is 9.64 Å². The molecule has 3 fully saturated rings. The third-order valence-electron chi connectivity index (χ3n) is 6.80. The van der Waals surface area contributed by atoms with Crippen LogP contribution in [0.4, 0.5) is 0 Å². The van der Waals surface area contributed by atoms with Gasteiger partial charge in [0.25, 0.3) is 0 Å². The highest BCUT2D eigenvalue weighted by Gasteiger charge is 2.49. The van der Waals surface area contributed by atoms with Gasteiger partial charge in [-0.2, -0.15) is 0 Å². The zero-order valence-corrected chi connectivity index (χ0v) is 17.1. The quantitative estimate of drug-likeness (QED) is 0.730. The molecule has 1 saturated carbocycles. The van der Waals surface area contributed by atoms with Crippen LogP contribution in [0.2, 0.25) is 0 Å². The van der Waals surface area contributed by atoms with Gasteiger partial charge in [-0.3, -0.25) is 19.3 Å². The number of likely N-dealkylation sites (tertiary alicyclic amines) is 2. The lowest BCUT2D eigenvalue weighted by Crippen LogP contribution is -2.44. The van der Waals surface area contributed by atoms with Crippen LogP contribution in [0.3, 0.4) is 0 Å². The van der Waals surface area contributed by atoms with E-state index in [1.807, 2.05) is 29.2 Å². The second kappa shape index (κ2) is 8.56. The maximum atomic E-state index is 13.3. The molecule has 1 aromatic rings. The van der Waals surface area contributed by atoms with Crippen molar-refractivity contribution in [3.05, 3.63) is 29.8 Å². The normalized spacial score (nSPS) is 27.6. The molecule has 0 bridgehead atoms. The molecule has 6 heteroatoms. The summed E-state index contributed by atoms with van der Waals surface area (Å²) in [7, 11) is 1.64. The van der Waals surface area contributed by atoms with Crippen LogP contribution >= 0.6 is 0 Å². The van der Waals surface area contributed by atoms with Crippen molar-refractivity contribution in [2.24, 2.45) is 11.8 Å². The zero-order chi connectivity index (χ0) is 20.4. The number of hydrogen-bond acceptors (Lipinski definition) is 4. The predicted molar refractivity (Wildman–Crippen MR) is 108 cm³/mol. The highest BCUT2D eigenvalue weighted by Crippen LogP contribution is 2.38. The van der Waals surface area contributed by atoms with Gasteiger partial charge in [0.1, 0.15) is 12.3 Å². The summed E-state index contributed by atoms with van der Waals surface area (Å²) in [6.07, 6.45) is 7.53. The molecule has 0 aromatic heterocycles. The fraction of sp³-hybridized carbons (Fsp3) is 0.609. The minimum absolute atomic E-state index is 0.0222. The van der Waals surface area contributed by atoms with Crippen LogP contribution in [-0.2, 0) is 14.4 Å². The summed E-state index contributed by atoms with van der Waals surface area (Å²) in [5, 5.41) is 0. The van der Waals surface area contributed by atoms with Crippen molar-refractivity contribution in [3.8, 4) is 5.75 Å². The second-order valence-electron chi connectivity index (χ2n) is 8.49. The SMILES string of the molecule is COc1ccc(C2CCCCCN2C(=O)CN2C(=O)C3CCCCC3C2=O)cc1. The molecule has 3 unspecified atom stereocenters. The summed E-state index contributed by atoms with van der Waals surface area (Å²) in [5.41, 5.74) is 1.08. The Morgan fingerprint density at radius 1 is 0.931 bits per heavy atom. The molecule has 2 aliphatic heterocycles. The Kier molecular flexibility index (Phi) is 5.88. The van der Waals surface area contributed by atoms with Crippen LogP contribution in [0.25, 0.3) is 0 Å². The van der Waals surface area contributed by atoms with E-state index in [1.165, 1.54) is 4.90 Å². The molecule has 1 aliphatic carbocycles. The van der Waals surface area contributed by atoms with E-state index in [1.54, 1.807) is 7.11 Å². The van der Waals surface area contributed by atoms with Gasteiger partial charge in [0.05, 0.1) is 25.0 Å². The molecule has 3 amide bonds. The van der Waals surface area contributed by atoms with Crippen molar-refractivity contribution in [2.75, 3.05) is 20.2 Å². The average Bonchev–Trinajstić information content (AvgIpc) is 2.93. The first-order valence-electron chi connectivity index (χ1n) is 10.9. The number of amides is 3. The van der Waals surface area contributed by atoms with E-state index in [-0.39, 0.29) is 42.1 Å². The van der Waals surface area contributed by atoms with Crippen LogP contribution in [-0.4, -0.2) is 47.7 Å². The maximum Gasteiger partial charge on any atom is 0.243 e. The van der Waals surface area contributed by atoms with Gasteiger partial charge in [-0.05, 0) is 43.4 Å². The molecule has 29 heavy (non-hydrogen) atoms. The summed E-state index contributed by atoms with van der Waals surface area (Å²) in [4.78, 5) is 42.0. The van der Waals surface area contributed by atoms with Gasteiger partial charge in [0.2, 0.25) is 17.7 Å². The number of carbonyl (C=O) groups is 3. The first-order valence-corrected chi connectivity index (χ1v) is 10.9. The molecular weight excluding hydrogens is 368 g/mol. The molecule has 2 saturated heterocycles. The van der Waals surface area contributed by atoms with Crippen molar-refractivity contribution in [1.82, 2.24) is 9.80 Å². The fourth-order valence-electron chi connectivity index (χ4n) is 5.19. The summed E-state index contributed by atoms with van der Waals surface area (Å²) >= 11 is 0. The smallest absolute Gasteiger partial charge is 0.243 e. The number of hydrogen-bond donors (Lipinski definition) is 0. The maximum absolute atomic E-state index is 13.3. The van der Waals surface area contributed by atoms with E-state index in [9.17, 15) is 14.4 Å². The summed E-state index contributed by atoms with van der Waals surface area (Å²) in [6, 6.07) is 7.83. The van der Waals surface area contributed by atoms with Gasteiger partial charge in [0.15, 0.2) is 0 Å². The standard InChI is InChI=1S/C23H30N2O4/c1-29-17-12-10-16(11-13-17)20-9-3-2-6-14-24(20)21(26)15-25-22(27)18-7-4-5-8-19(18)23(25)28/h10-13,18-20H,2-9,14-15H2,1H3. The summed E-state index contributed by atoms with van der Waals surface area (Å²) in [6.45, 7) is 0.552. The van der Waals surface area contributed by atoms with E-state index in [2.05, 4.69) is 0 Å². The zero-order valence-electron chi connectivity index (χ0n) is 17.1. The second-order valence-corrected chi connectivity index (χ2v) is 8.49. The van der Waals surface area contributed by atoms with Gasteiger partial charge in [-0.25, -0.2) is 0 Å². The van der Waals surface area contributed by atoms with Crippen molar-refractivity contribution in [1.29, 1.82) is 0 Å². The molecule has 2 heterocycles. The van der Waals surface area contributed by atoms with Crippen LogP contribution < -0.4 is 4.74 Å². The van der Waals surface area contributed by atoms with Crippen LogP contribution in [0.15, 0.2) is 24.3 Å². The largest absolute Gasteiger partial charge is 0.497 e. The molecule has 0 radical (unpaired) electrons. The Morgan fingerprint density at radius 3 is 2.17 bits per heavy atom. The van der Waals surface area contributed by atoms with E-state index in [0.717, 1.165) is 62.7 Å². The number of nitrogens with zero attached hydrogens (tertiary/aromatic N) is 2. The molecule has 4 rings (SSSR count). The number of fused-ring (bicyclic) bond motifs is 1. The van der Waals surface area contributed by atoms with Crippen LogP contribution in [0, 0.1) is 11.8 Å². The van der Waals surface area contributed by atoms with E-state index >= 15 is 0 Å². The first-order chi connectivity index (χ1) is 14.1. The fourth-order valence-corrected chi connectivity index (χ4v) is 5.19. The average molecular weight is 399 g/mol. The molecule has 1 aromatic carbocycles. The van der Waals surface area contributed by atoms with Gasteiger partial charge in [-0.1, -0.05) is 37.8 Å². The highest BCUT2D eigenvalue weighted by molar-refractivity contribution is 6.07. The predicted octanol–water partition coefficient (Wildman–Crippen LogP) is 3.31. The minimum Gasteiger partial charge on any atom is -0.497 e. The lowest BCUT2D eigenvalue weighted by molar-refractivity contribution is -0.147. The Morgan fingerprint density at radius 2 is 1.55 bits per heavy atom. The van der Waals surface area contributed by atoms with E-state index in [0.29, 0.717) is 6.54 Å². The van der Waals surface area contributed by atoms with E-state index < -0.39 is 0 Å². The number of benzene rings is 1. The third-order valence-corrected chi connectivity index (χ3v) is 6.80. The topological polar surface area (TPSA) is 66.9 Å². The Hall–Kier alpha value is -2.37. The minimum atomic E-state index is -0.203. The Labute approximate surface area is 172 Å². The molecule has 3 atom stereocenters. The van der Waals surface area contributed by atoms with Crippen molar-refractivity contribution in [2.45, 2.75) is 57.4 Å². The molecule has 0 spiro atoms. The summed E-state index contributed by atoms with van der Waals surface area (Å²) in [5.74, 6) is -0.00643. The van der Waals surface area contributed by atoms with Crippen molar-refractivity contribution < 1.29 is 19.1 Å². The first kappa shape index (κ1) is 19.9. The van der Waals surface area contributed by atoms with E-state index in [4.69, 9.17) is 4.74 Å². The highest BCUT2D eigenvalue weighted by atomic mass is 16.5. The lowest BCUT2D eigenvalue weighted by atomic mass is 9.81. The molecule has 0 N–H and O–H groups in total. The summed E-state index contributed by atoms with van der Waals surface area (Å²) < 4.78 is 5.25. The van der Waals surface area contributed by atoms with Gasteiger partial charge in [-0.15, -0.1) is 0 Å². The molecule has 156 valence electrons. The lowest BCUT2D eigenvalue weighted by Gasteiger charge is -2.32. The Bertz CT molecular complexity index is 752. The van der Waals surface area contributed by atoms with Crippen LogP contribution in [0.5, 0.6) is 5.75 Å². The number of ether oxygens (including phenoxy) is 1. The Balaban J connectivity index is 1.51. The number of rotatable bonds is 4. The third kappa shape index (κ3) is 3.89. The van der Waals surface area contributed by atoms with Crippen molar-refractivity contribution >= 4 is 17.7 Å². The van der Waals surface area contributed by atoms with Crippen LogP contribution in [0.1, 0.15) is 63.0 Å². The number of methoxy groups -OCH3 is 1. The molecule has 3 aliphatic rings. The van der Waals surface area contributed by atoms with Crippen molar-refractivity contribution in [3.63, 3.8) is 0 Å². The number of carbonyl (C=O) groups excluding carboxylic acids is 3. The van der Waals surface area contributed by atoms with Gasteiger partial charge >= 0.3 is 0 Å². The monoisotopic (exact) mass is 398 g/mol.